The van der Waals surface area contributed by atoms with E-state index in [0.717, 1.165) is 31.2 Å². The first-order valence-corrected chi connectivity index (χ1v) is 9.82. The Hall–Kier alpha value is -0.163. The molecule has 0 fully saturated rings. The first-order valence-electron chi connectivity index (χ1n) is 5.75. The van der Waals surface area contributed by atoms with Gasteiger partial charge < -0.3 is 8.85 Å². The zero-order valence-corrected chi connectivity index (χ0v) is 12.5. The van der Waals surface area contributed by atoms with Crippen LogP contribution >= 0.6 is 15.3 Å². The number of halogens is 1. The molecule has 16 heavy (non-hydrogen) atoms. The number of rotatable bonds is 7. The Labute approximate surface area is 107 Å². The highest BCUT2D eigenvalue weighted by molar-refractivity contribution is 9.26. The number of hydrogen-bond donors (Lipinski definition) is 0. The maximum absolute atomic E-state index is 5.90. The molecule has 2 nitrogen and oxygen atoms in total. The summed E-state index contributed by atoms with van der Waals surface area (Å²) >= 11 is 3.69. The summed E-state index contributed by atoms with van der Waals surface area (Å²) in [7, 11) is -2.35. The van der Waals surface area contributed by atoms with Crippen molar-refractivity contribution < 1.29 is 8.85 Å². The molecule has 0 saturated carbocycles. The molecule has 0 aromatic heterocycles. The van der Waals surface area contributed by atoms with E-state index in [4.69, 9.17) is 8.85 Å². The topological polar surface area (TPSA) is 18.5 Å². The molecule has 90 valence electrons. The van der Waals surface area contributed by atoms with Crippen LogP contribution in [0.2, 0.25) is 0 Å². The van der Waals surface area contributed by atoms with Crippen molar-refractivity contribution in [2.24, 2.45) is 0 Å². The molecule has 0 aliphatic heterocycles. The number of benzene rings is 1. The molecular weight excluding hydrogens is 284 g/mol. The lowest BCUT2D eigenvalue weighted by Gasteiger charge is -2.24. The molecule has 0 amide bonds. The fourth-order valence-electron chi connectivity index (χ4n) is 1.31. The van der Waals surface area contributed by atoms with E-state index in [1.165, 1.54) is 0 Å². The summed E-state index contributed by atoms with van der Waals surface area (Å²) in [5.74, 6) is 0. The van der Waals surface area contributed by atoms with E-state index in [-0.39, 0.29) is 0 Å². The van der Waals surface area contributed by atoms with Crippen molar-refractivity contribution in [1.29, 1.82) is 0 Å². The van der Waals surface area contributed by atoms with E-state index in [1.807, 2.05) is 18.2 Å². The summed E-state index contributed by atoms with van der Waals surface area (Å²) in [5.41, 5.74) is 0. The average molecular weight is 303 g/mol. The van der Waals surface area contributed by atoms with E-state index < -0.39 is 7.18 Å². The molecule has 0 heterocycles. The van der Waals surface area contributed by atoms with Gasteiger partial charge in [-0.05, 0) is 12.8 Å². The van der Waals surface area contributed by atoms with Crippen LogP contribution in [0.15, 0.2) is 30.3 Å². The van der Waals surface area contributed by atoms with Crippen LogP contribution < -0.4 is 5.19 Å². The normalized spacial score (nSPS) is 11.7. The van der Waals surface area contributed by atoms with Gasteiger partial charge in [-0.15, -0.1) is 0 Å². The molecular formula is C12H19BrO2Si. The van der Waals surface area contributed by atoms with Crippen molar-refractivity contribution in [2.45, 2.75) is 26.7 Å². The van der Waals surface area contributed by atoms with Crippen LogP contribution in [0.3, 0.4) is 0 Å². The van der Waals surface area contributed by atoms with Crippen LogP contribution in [0.5, 0.6) is 0 Å². The van der Waals surface area contributed by atoms with Gasteiger partial charge in [0.15, 0.2) is 0 Å². The SMILES string of the molecule is CCCO[Si](Br)(OCCC)c1ccccc1. The lowest BCUT2D eigenvalue weighted by Crippen LogP contribution is -2.48. The van der Waals surface area contributed by atoms with Crippen molar-refractivity contribution in [2.75, 3.05) is 13.2 Å². The molecule has 0 unspecified atom stereocenters. The van der Waals surface area contributed by atoms with Crippen molar-refractivity contribution in [3.63, 3.8) is 0 Å². The molecule has 0 spiro atoms. The summed E-state index contributed by atoms with van der Waals surface area (Å²) < 4.78 is 11.8. The van der Waals surface area contributed by atoms with E-state index >= 15 is 0 Å². The third-order valence-corrected chi connectivity index (χ3v) is 7.02. The lowest BCUT2D eigenvalue weighted by molar-refractivity contribution is 0.201. The molecule has 1 aromatic rings. The summed E-state index contributed by atoms with van der Waals surface area (Å²) in [6, 6.07) is 10.2. The third-order valence-electron chi connectivity index (χ3n) is 2.10. The van der Waals surface area contributed by atoms with E-state index in [1.54, 1.807) is 0 Å². The van der Waals surface area contributed by atoms with Gasteiger partial charge in [-0.25, -0.2) is 0 Å². The van der Waals surface area contributed by atoms with Crippen LogP contribution in [0.1, 0.15) is 26.7 Å². The van der Waals surface area contributed by atoms with Crippen LogP contribution in [0.25, 0.3) is 0 Å². The van der Waals surface area contributed by atoms with Crippen molar-refractivity contribution in [3.8, 4) is 0 Å². The van der Waals surface area contributed by atoms with Gasteiger partial charge in [0, 0.05) is 18.4 Å². The monoisotopic (exact) mass is 302 g/mol. The zero-order chi connectivity index (χ0) is 11.9. The Kier molecular flexibility index (Phi) is 6.27. The molecule has 0 aliphatic carbocycles. The number of hydrogen-bond acceptors (Lipinski definition) is 2. The van der Waals surface area contributed by atoms with Crippen LogP contribution in [0, 0.1) is 0 Å². The van der Waals surface area contributed by atoms with Gasteiger partial charge in [-0.2, -0.15) is 0 Å². The smallest absolute Gasteiger partial charge is 0.383 e. The quantitative estimate of drug-likeness (QED) is 0.569. The summed E-state index contributed by atoms with van der Waals surface area (Å²) in [5, 5.41) is 1.14. The Morgan fingerprint density at radius 2 is 1.50 bits per heavy atom. The molecule has 0 bridgehead atoms. The first kappa shape index (κ1) is 13.9. The average Bonchev–Trinajstić information content (AvgIpc) is 2.35. The van der Waals surface area contributed by atoms with Crippen LogP contribution in [0.4, 0.5) is 0 Å². The van der Waals surface area contributed by atoms with Crippen molar-refractivity contribution in [3.05, 3.63) is 30.3 Å². The fourth-order valence-corrected chi connectivity index (χ4v) is 5.02. The van der Waals surface area contributed by atoms with Crippen molar-refractivity contribution >= 4 is 27.7 Å². The highest BCUT2D eigenvalue weighted by Crippen LogP contribution is 2.16. The summed E-state index contributed by atoms with van der Waals surface area (Å²) in [6.45, 7) is 5.67. The zero-order valence-electron chi connectivity index (χ0n) is 9.91. The van der Waals surface area contributed by atoms with Crippen molar-refractivity contribution in [1.82, 2.24) is 0 Å². The Morgan fingerprint density at radius 1 is 1.00 bits per heavy atom. The van der Waals surface area contributed by atoms with E-state index in [0.29, 0.717) is 0 Å². The Balaban J connectivity index is 2.77. The molecule has 4 heteroatoms. The third kappa shape index (κ3) is 4.01. The van der Waals surface area contributed by atoms with Gasteiger partial charge >= 0.3 is 7.18 Å². The van der Waals surface area contributed by atoms with E-state index in [9.17, 15) is 0 Å². The predicted molar refractivity (Wildman–Crippen MR) is 73.2 cm³/mol. The Bertz CT molecular complexity index is 284. The van der Waals surface area contributed by atoms with Gasteiger partial charge in [0.25, 0.3) is 0 Å². The molecule has 0 aliphatic rings. The predicted octanol–water partition coefficient (Wildman–Crippen LogP) is 3.08. The van der Waals surface area contributed by atoms with Gasteiger partial charge in [0.05, 0.1) is 0 Å². The Morgan fingerprint density at radius 3 is 1.94 bits per heavy atom. The highest BCUT2D eigenvalue weighted by atomic mass is 79.9. The van der Waals surface area contributed by atoms with Gasteiger partial charge in [-0.1, -0.05) is 59.5 Å². The fraction of sp³-hybridized carbons (Fsp3) is 0.500. The first-order chi connectivity index (χ1) is 7.73. The minimum atomic E-state index is -2.35. The van der Waals surface area contributed by atoms with E-state index in [2.05, 4.69) is 41.3 Å². The lowest BCUT2D eigenvalue weighted by atomic mass is 10.4. The second kappa shape index (κ2) is 7.22. The molecule has 0 N–H and O–H groups in total. The largest absolute Gasteiger partial charge is 0.448 e. The molecule has 1 aromatic carbocycles. The maximum atomic E-state index is 5.90. The van der Waals surface area contributed by atoms with Crippen LogP contribution in [-0.4, -0.2) is 20.4 Å². The van der Waals surface area contributed by atoms with Crippen LogP contribution in [-0.2, 0) is 8.85 Å². The standard InChI is InChI=1S/C12H19BrO2Si/c1-3-10-14-16(13,15-11-4-2)12-8-6-5-7-9-12/h5-9H,3-4,10-11H2,1-2H3. The van der Waals surface area contributed by atoms with Gasteiger partial charge in [0.1, 0.15) is 0 Å². The summed E-state index contributed by atoms with van der Waals surface area (Å²) in [6.07, 6.45) is 2.01. The molecule has 0 saturated heterocycles. The minimum absolute atomic E-state index is 0.732. The second-order valence-electron chi connectivity index (χ2n) is 3.60. The maximum Gasteiger partial charge on any atom is 0.448 e. The molecule has 0 atom stereocenters. The second-order valence-corrected chi connectivity index (χ2v) is 8.96. The van der Waals surface area contributed by atoms with Gasteiger partial charge in [-0.3, -0.25) is 0 Å². The summed E-state index contributed by atoms with van der Waals surface area (Å²) in [4.78, 5) is 0. The van der Waals surface area contributed by atoms with Gasteiger partial charge in [0.2, 0.25) is 0 Å². The minimum Gasteiger partial charge on any atom is -0.383 e. The molecule has 1 rings (SSSR count). The highest BCUT2D eigenvalue weighted by Gasteiger charge is 2.37. The molecule has 0 radical (unpaired) electrons.